The minimum Gasteiger partial charge on any atom is -0.369 e. The minimum atomic E-state index is 0.438. The van der Waals surface area contributed by atoms with E-state index in [1.54, 1.807) is 0 Å². The third kappa shape index (κ3) is 9.39. The highest BCUT2D eigenvalue weighted by atomic mass is 16.5. The van der Waals surface area contributed by atoms with Crippen LogP contribution in [0, 0.1) is 18.3 Å². The van der Waals surface area contributed by atoms with Gasteiger partial charge in [-0.15, -0.1) is 6.42 Å². The summed E-state index contributed by atoms with van der Waals surface area (Å²) in [5.74, 6) is 3.19. The van der Waals surface area contributed by atoms with Crippen LogP contribution in [0.15, 0.2) is 0 Å². The Labute approximate surface area is 82.3 Å². The van der Waals surface area contributed by atoms with Gasteiger partial charge in [0.05, 0.1) is 0 Å². The van der Waals surface area contributed by atoms with Crippen molar-refractivity contribution in [2.75, 3.05) is 33.4 Å². The van der Waals surface area contributed by atoms with E-state index < -0.39 is 0 Å². The van der Waals surface area contributed by atoms with Crippen molar-refractivity contribution in [3.05, 3.63) is 0 Å². The summed E-state index contributed by atoms with van der Waals surface area (Å²) < 4.78 is 5.18. The quantitative estimate of drug-likeness (QED) is 0.439. The van der Waals surface area contributed by atoms with Gasteiger partial charge in [0.25, 0.3) is 0 Å². The number of ether oxygens (including phenoxy) is 1. The number of terminal acetylenes is 1. The molecule has 0 heterocycles. The fourth-order valence-electron chi connectivity index (χ4n) is 1.28. The molecule has 2 nitrogen and oxygen atoms in total. The van der Waals surface area contributed by atoms with Crippen LogP contribution in [0.1, 0.15) is 20.3 Å². The van der Waals surface area contributed by atoms with E-state index in [1.807, 2.05) is 0 Å². The van der Waals surface area contributed by atoms with Gasteiger partial charge in [0.15, 0.2) is 0 Å². The van der Waals surface area contributed by atoms with Crippen LogP contribution in [0.3, 0.4) is 0 Å². The van der Waals surface area contributed by atoms with Gasteiger partial charge in [-0.05, 0) is 19.4 Å². The molecule has 0 aromatic carbocycles. The van der Waals surface area contributed by atoms with Gasteiger partial charge < -0.3 is 9.64 Å². The molecular weight excluding hydrogens is 162 g/mol. The zero-order valence-corrected chi connectivity index (χ0v) is 9.05. The molecule has 0 aliphatic heterocycles. The average Bonchev–Trinajstić information content (AvgIpc) is 2.02. The van der Waals surface area contributed by atoms with Gasteiger partial charge in [-0.25, -0.2) is 0 Å². The van der Waals surface area contributed by atoms with Crippen molar-refractivity contribution in [3.63, 3.8) is 0 Å². The third-order valence-electron chi connectivity index (χ3n) is 1.69. The first-order chi connectivity index (χ1) is 6.16. The number of hydrogen-bond donors (Lipinski definition) is 0. The van der Waals surface area contributed by atoms with E-state index in [9.17, 15) is 0 Å². The van der Waals surface area contributed by atoms with Crippen molar-refractivity contribution in [1.29, 1.82) is 0 Å². The van der Waals surface area contributed by atoms with Crippen molar-refractivity contribution >= 4 is 0 Å². The lowest BCUT2D eigenvalue weighted by molar-refractivity contribution is 0.150. The van der Waals surface area contributed by atoms with Crippen molar-refractivity contribution in [1.82, 2.24) is 4.90 Å². The summed E-state index contributed by atoms with van der Waals surface area (Å²) in [6.45, 7) is 7.90. The summed E-state index contributed by atoms with van der Waals surface area (Å²) in [6, 6.07) is 0. The van der Waals surface area contributed by atoms with E-state index in [4.69, 9.17) is 11.2 Å². The maximum atomic E-state index is 5.18. The van der Waals surface area contributed by atoms with Crippen molar-refractivity contribution < 1.29 is 4.74 Å². The lowest BCUT2D eigenvalue weighted by Gasteiger charge is -2.18. The molecule has 0 fully saturated rings. The van der Waals surface area contributed by atoms with E-state index in [0.717, 1.165) is 32.0 Å². The van der Waals surface area contributed by atoms with E-state index in [1.165, 1.54) is 0 Å². The van der Waals surface area contributed by atoms with Gasteiger partial charge in [-0.3, -0.25) is 0 Å². The second-order valence-electron chi connectivity index (χ2n) is 3.77. The Hall–Kier alpha value is -0.520. The second-order valence-corrected chi connectivity index (χ2v) is 3.77. The fourth-order valence-corrected chi connectivity index (χ4v) is 1.28. The van der Waals surface area contributed by atoms with Crippen LogP contribution in [-0.2, 0) is 4.74 Å². The Morgan fingerprint density at radius 2 is 2.15 bits per heavy atom. The van der Waals surface area contributed by atoms with Crippen LogP contribution in [-0.4, -0.2) is 38.3 Å². The van der Waals surface area contributed by atoms with E-state index in [2.05, 4.69) is 31.7 Å². The lowest BCUT2D eigenvalue weighted by Crippen LogP contribution is -2.25. The smallest absolute Gasteiger partial charge is 0.107 e. The predicted octanol–water partition coefficient (Wildman–Crippen LogP) is 1.61. The van der Waals surface area contributed by atoms with Gasteiger partial charge in [0, 0.05) is 19.7 Å². The zero-order valence-electron chi connectivity index (χ0n) is 9.05. The highest BCUT2D eigenvalue weighted by Gasteiger charge is 2.00. The van der Waals surface area contributed by atoms with Crippen molar-refractivity contribution in [2.24, 2.45) is 5.92 Å². The van der Waals surface area contributed by atoms with Crippen LogP contribution in [0.25, 0.3) is 0 Å². The van der Waals surface area contributed by atoms with E-state index >= 15 is 0 Å². The van der Waals surface area contributed by atoms with Gasteiger partial charge in [0.2, 0.25) is 0 Å². The SMILES string of the molecule is C#CCOCCCN(C)CC(C)C. The Morgan fingerprint density at radius 1 is 1.46 bits per heavy atom. The van der Waals surface area contributed by atoms with Crippen LogP contribution in [0.5, 0.6) is 0 Å². The predicted molar refractivity (Wildman–Crippen MR) is 56.6 cm³/mol. The van der Waals surface area contributed by atoms with Gasteiger partial charge in [0.1, 0.15) is 6.61 Å². The molecule has 13 heavy (non-hydrogen) atoms. The maximum Gasteiger partial charge on any atom is 0.107 e. The molecule has 0 aromatic rings. The molecular formula is C11H21NO. The highest BCUT2D eigenvalue weighted by molar-refractivity contribution is 4.82. The van der Waals surface area contributed by atoms with Crippen molar-refractivity contribution in [3.8, 4) is 12.3 Å². The molecule has 0 unspecified atom stereocenters. The topological polar surface area (TPSA) is 12.5 Å². The molecule has 0 atom stereocenters. The number of rotatable bonds is 7. The highest BCUT2D eigenvalue weighted by Crippen LogP contribution is 1.96. The van der Waals surface area contributed by atoms with Gasteiger partial charge >= 0.3 is 0 Å². The molecule has 0 spiro atoms. The summed E-state index contributed by atoms with van der Waals surface area (Å²) in [7, 11) is 2.14. The molecule has 0 aliphatic carbocycles. The molecule has 76 valence electrons. The zero-order chi connectivity index (χ0) is 10.1. The molecule has 0 bridgehead atoms. The van der Waals surface area contributed by atoms with Crippen LogP contribution >= 0.6 is 0 Å². The lowest BCUT2D eigenvalue weighted by atomic mass is 10.2. The molecule has 2 heteroatoms. The summed E-state index contributed by atoms with van der Waals surface area (Å²) >= 11 is 0. The molecule has 0 N–H and O–H groups in total. The molecule has 0 rings (SSSR count). The largest absolute Gasteiger partial charge is 0.369 e. The molecule has 0 aliphatic rings. The van der Waals surface area contributed by atoms with Gasteiger partial charge in [-0.1, -0.05) is 19.8 Å². The van der Waals surface area contributed by atoms with Crippen molar-refractivity contribution in [2.45, 2.75) is 20.3 Å². The Bertz CT molecular complexity index is 149. The summed E-state index contributed by atoms with van der Waals surface area (Å²) in [6.07, 6.45) is 6.11. The normalized spacial score (nSPS) is 10.8. The fraction of sp³-hybridized carbons (Fsp3) is 0.818. The molecule has 0 amide bonds. The monoisotopic (exact) mass is 183 g/mol. The Balaban J connectivity index is 3.18. The molecule has 0 saturated heterocycles. The first-order valence-corrected chi connectivity index (χ1v) is 4.86. The van der Waals surface area contributed by atoms with E-state index in [0.29, 0.717) is 6.61 Å². The average molecular weight is 183 g/mol. The Kier molecular flexibility index (Phi) is 7.77. The first-order valence-electron chi connectivity index (χ1n) is 4.86. The molecule has 0 aromatic heterocycles. The molecule has 0 radical (unpaired) electrons. The van der Waals surface area contributed by atoms with Crippen LogP contribution < -0.4 is 0 Å². The number of nitrogens with zero attached hydrogens (tertiary/aromatic N) is 1. The first kappa shape index (κ1) is 12.5. The minimum absolute atomic E-state index is 0.438. The van der Waals surface area contributed by atoms with Crippen LogP contribution in [0.2, 0.25) is 0 Å². The van der Waals surface area contributed by atoms with Crippen LogP contribution in [0.4, 0.5) is 0 Å². The summed E-state index contributed by atoms with van der Waals surface area (Å²) in [4.78, 5) is 2.32. The standard InChI is InChI=1S/C11H21NO/c1-5-8-13-9-6-7-12(4)10-11(2)3/h1,11H,6-10H2,2-4H3. The van der Waals surface area contributed by atoms with E-state index in [-0.39, 0.29) is 0 Å². The Morgan fingerprint density at radius 3 is 2.69 bits per heavy atom. The van der Waals surface area contributed by atoms with Gasteiger partial charge in [-0.2, -0.15) is 0 Å². The maximum absolute atomic E-state index is 5.18. The summed E-state index contributed by atoms with van der Waals surface area (Å²) in [5, 5.41) is 0. The number of hydrogen-bond acceptors (Lipinski definition) is 2. The third-order valence-corrected chi connectivity index (χ3v) is 1.69. The second kappa shape index (κ2) is 8.10. The molecule has 0 saturated carbocycles. The summed E-state index contributed by atoms with van der Waals surface area (Å²) in [5.41, 5.74) is 0.